The standard InChI is InChI=1S/C16H13Cl2NO3S/c1-23(21,22)19-14-7-3-12(4-8-14)16(20)9-5-11-2-6-13(17)10-15(11)18/h2-10,19H,1H3/b9-5+. The molecule has 2 rings (SSSR count). The molecule has 0 saturated carbocycles. The summed E-state index contributed by atoms with van der Waals surface area (Å²) in [6, 6.07) is 11.1. The van der Waals surface area contributed by atoms with Crippen LogP contribution in [0.1, 0.15) is 15.9 Å². The van der Waals surface area contributed by atoms with E-state index in [1.54, 1.807) is 36.4 Å². The number of halogens is 2. The smallest absolute Gasteiger partial charge is 0.229 e. The highest BCUT2D eigenvalue weighted by molar-refractivity contribution is 7.92. The molecule has 0 amide bonds. The minimum absolute atomic E-state index is 0.220. The molecule has 2 aromatic carbocycles. The molecular weight excluding hydrogens is 357 g/mol. The second kappa shape index (κ2) is 7.17. The molecule has 0 atom stereocenters. The summed E-state index contributed by atoms with van der Waals surface area (Å²) in [6.07, 6.45) is 4.06. The number of nitrogens with one attached hydrogen (secondary N) is 1. The fourth-order valence-corrected chi connectivity index (χ4v) is 2.85. The van der Waals surface area contributed by atoms with E-state index in [4.69, 9.17) is 23.2 Å². The van der Waals surface area contributed by atoms with Crippen molar-refractivity contribution < 1.29 is 13.2 Å². The van der Waals surface area contributed by atoms with Crippen molar-refractivity contribution >= 4 is 50.8 Å². The first kappa shape index (κ1) is 17.5. The molecule has 0 fully saturated rings. The molecule has 0 aliphatic rings. The normalized spacial score (nSPS) is 11.6. The van der Waals surface area contributed by atoms with E-state index in [1.165, 1.54) is 18.2 Å². The van der Waals surface area contributed by atoms with Gasteiger partial charge in [-0.25, -0.2) is 8.42 Å². The minimum atomic E-state index is -3.34. The average molecular weight is 370 g/mol. The second-order valence-electron chi connectivity index (χ2n) is 4.81. The fraction of sp³-hybridized carbons (Fsp3) is 0.0625. The molecule has 23 heavy (non-hydrogen) atoms. The quantitative estimate of drug-likeness (QED) is 0.632. The van der Waals surface area contributed by atoms with Crippen molar-refractivity contribution in [2.45, 2.75) is 0 Å². The van der Waals surface area contributed by atoms with Gasteiger partial charge in [0, 0.05) is 21.3 Å². The summed E-state index contributed by atoms with van der Waals surface area (Å²) in [5.74, 6) is -0.220. The highest BCUT2D eigenvalue weighted by atomic mass is 35.5. The van der Waals surface area contributed by atoms with Crippen LogP contribution in [0.25, 0.3) is 6.08 Å². The van der Waals surface area contributed by atoms with Crippen LogP contribution in [0, 0.1) is 0 Å². The monoisotopic (exact) mass is 369 g/mol. The summed E-state index contributed by atoms with van der Waals surface area (Å²) < 4.78 is 24.6. The molecular formula is C16H13Cl2NO3S. The topological polar surface area (TPSA) is 63.2 Å². The number of sulfonamides is 1. The molecule has 0 aromatic heterocycles. The molecule has 1 N–H and O–H groups in total. The molecule has 0 aliphatic heterocycles. The van der Waals surface area contributed by atoms with Crippen LogP contribution in [-0.4, -0.2) is 20.5 Å². The summed E-state index contributed by atoms with van der Waals surface area (Å²) in [7, 11) is -3.34. The van der Waals surface area contributed by atoms with Gasteiger partial charge in [0.2, 0.25) is 10.0 Å². The Kier molecular flexibility index (Phi) is 5.46. The first-order valence-electron chi connectivity index (χ1n) is 6.50. The van der Waals surface area contributed by atoms with E-state index in [2.05, 4.69) is 4.72 Å². The number of hydrogen-bond acceptors (Lipinski definition) is 3. The van der Waals surface area contributed by atoms with Gasteiger partial charge in [0.15, 0.2) is 5.78 Å². The van der Waals surface area contributed by atoms with Crippen LogP contribution in [0.5, 0.6) is 0 Å². The fourth-order valence-electron chi connectivity index (χ4n) is 1.81. The summed E-state index contributed by atoms with van der Waals surface area (Å²) in [5.41, 5.74) is 1.51. The van der Waals surface area contributed by atoms with Crippen molar-refractivity contribution in [1.82, 2.24) is 0 Å². The predicted octanol–water partition coefficient (Wildman–Crippen LogP) is 4.26. The van der Waals surface area contributed by atoms with Crippen LogP contribution >= 0.6 is 23.2 Å². The van der Waals surface area contributed by atoms with Crippen molar-refractivity contribution in [3.05, 3.63) is 69.7 Å². The van der Waals surface area contributed by atoms with Gasteiger partial charge in [-0.2, -0.15) is 0 Å². The molecule has 7 heteroatoms. The summed E-state index contributed by atoms with van der Waals surface area (Å²) in [5, 5.41) is 0.974. The third kappa shape index (κ3) is 5.39. The van der Waals surface area contributed by atoms with Gasteiger partial charge in [-0.15, -0.1) is 0 Å². The van der Waals surface area contributed by atoms with Gasteiger partial charge < -0.3 is 0 Å². The predicted molar refractivity (Wildman–Crippen MR) is 94.7 cm³/mol. The van der Waals surface area contributed by atoms with Crippen LogP contribution in [0.2, 0.25) is 10.0 Å². The molecule has 0 bridgehead atoms. The number of hydrogen-bond donors (Lipinski definition) is 1. The number of ketones is 1. The van der Waals surface area contributed by atoms with E-state index >= 15 is 0 Å². The minimum Gasteiger partial charge on any atom is -0.289 e. The largest absolute Gasteiger partial charge is 0.289 e. The maximum atomic E-state index is 12.1. The summed E-state index contributed by atoms with van der Waals surface area (Å²) in [6.45, 7) is 0. The zero-order valence-electron chi connectivity index (χ0n) is 12.1. The van der Waals surface area contributed by atoms with E-state index in [0.29, 0.717) is 26.9 Å². The highest BCUT2D eigenvalue weighted by Crippen LogP contribution is 2.22. The van der Waals surface area contributed by atoms with Crippen molar-refractivity contribution in [3.8, 4) is 0 Å². The van der Waals surface area contributed by atoms with Crippen molar-refractivity contribution in [3.63, 3.8) is 0 Å². The van der Waals surface area contributed by atoms with Gasteiger partial charge in [0.25, 0.3) is 0 Å². The average Bonchev–Trinajstić information content (AvgIpc) is 2.45. The Labute approximate surface area is 144 Å². The molecule has 0 spiro atoms. The Hall–Kier alpha value is -1.82. The van der Waals surface area contributed by atoms with Crippen LogP contribution in [0.15, 0.2) is 48.5 Å². The Morgan fingerprint density at radius 1 is 1.09 bits per heavy atom. The molecule has 0 radical (unpaired) electrons. The summed E-state index contributed by atoms with van der Waals surface area (Å²) >= 11 is 11.8. The van der Waals surface area contributed by atoms with Gasteiger partial charge in [0.1, 0.15) is 0 Å². The maximum absolute atomic E-state index is 12.1. The number of anilines is 1. The molecule has 0 unspecified atom stereocenters. The van der Waals surface area contributed by atoms with Crippen molar-refractivity contribution in [1.29, 1.82) is 0 Å². The molecule has 4 nitrogen and oxygen atoms in total. The Balaban J connectivity index is 2.13. The maximum Gasteiger partial charge on any atom is 0.229 e. The van der Waals surface area contributed by atoms with E-state index < -0.39 is 10.0 Å². The number of benzene rings is 2. The number of allylic oxidation sites excluding steroid dienone is 1. The van der Waals surface area contributed by atoms with Crippen LogP contribution in [0.3, 0.4) is 0 Å². The van der Waals surface area contributed by atoms with Gasteiger partial charge in [-0.05, 0) is 54.1 Å². The van der Waals surface area contributed by atoms with Gasteiger partial charge in [0.05, 0.1) is 6.26 Å². The number of carbonyl (C=O) groups is 1. The Bertz CT molecular complexity index is 859. The van der Waals surface area contributed by atoms with E-state index in [-0.39, 0.29) is 5.78 Å². The first-order valence-corrected chi connectivity index (χ1v) is 9.15. The van der Waals surface area contributed by atoms with Gasteiger partial charge in [-0.1, -0.05) is 29.3 Å². The lowest BCUT2D eigenvalue weighted by atomic mass is 10.1. The lowest BCUT2D eigenvalue weighted by molar-refractivity contribution is 0.104. The second-order valence-corrected chi connectivity index (χ2v) is 7.41. The molecule has 0 heterocycles. The van der Waals surface area contributed by atoms with Crippen LogP contribution in [-0.2, 0) is 10.0 Å². The lowest BCUT2D eigenvalue weighted by Gasteiger charge is -2.04. The van der Waals surface area contributed by atoms with Crippen molar-refractivity contribution in [2.75, 3.05) is 11.0 Å². The van der Waals surface area contributed by atoms with Gasteiger partial charge in [-0.3, -0.25) is 9.52 Å². The van der Waals surface area contributed by atoms with E-state index in [9.17, 15) is 13.2 Å². The lowest BCUT2D eigenvalue weighted by Crippen LogP contribution is -2.09. The number of rotatable bonds is 5. The molecule has 120 valence electrons. The van der Waals surface area contributed by atoms with E-state index in [1.807, 2.05) is 0 Å². The number of carbonyl (C=O) groups excluding carboxylic acids is 1. The van der Waals surface area contributed by atoms with Crippen LogP contribution < -0.4 is 4.72 Å². The molecule has 0 saturated heterocycles. The van der Waals surface area contributed by atoms with E-state index in [0.717, 1.165) is 6.26 Å². The SMILES string of the molecule is CS(=O)(=O)Nc1ccc(C(=O)/C=C/c2ccc(Cl)cc2Cl)cc1. The Morgan fingerprint density at radius 2 is 1.74 bits per heavy atom. The summed E-state index contributed by atoms with van der Waals surface area (Å²) in [4.78, 5) is 12.1. The van der Waals surface area contributed by atoms with Gasteiger partial charge >= 0.3 is 0 Å². The van der Waals surface area contributed by atoms with Crippen LogP contribution in [0.4, 0.5) is 5.69 Å². The zero-order valence-corrected chi connectivity index (χ0v) is 14.4. The zero-order chi connectivity index (χ0) is 17.0. The first-order chi connectivity index (χ1) is 10.7. The molecule has 2 aromatic rings. The Morgan fingerprint density at radius 3 is 2.30 bits per heavy atom. The third-order valence-corrected chi connectivity index (χ3v) is 4.02. The third-order valence-electron chi connectivity index (χ3n) is 2.85. The molecule has 0 aliphatic carbocycles. The van der Waals surface area contributed by atoms with Crippen molar-refractivity contribution in [2.24, 2.45) is 0 Å². The highest BCUT2D eigenvalue weighted by Gasteiger charge is 2.05.